The van der Waals surface area contributed by atoms with Crippen molar-refractivity contribution >= 4 is 19.7 Å². The second-order valence-corrected chi connectivity index (χ2v) is 28.2. The van der Waals surface area contributed by atoms with E-state index in [0.29, 0.717) is 17.4 Å². The van der Waals surface area contributed by atoms with Gasteiger partial charge < -0.3 is 28.5 Å². The standard InChI is InChI=1S/C81H145N2O7P/c1-7-10-13-16-19-22-25-28-30-32-34-36-38-40-41-43-44-46-48-50-52-55-58-61-64-67-70-73-80(84)82-78(77-89-91(86,87)88-76-75-83(4,5)6)79(72-69-66-63-60-57-54-27-24-21-18-15-12-9-3)90-81(85)74-71-68-65-62-59-56-53-51-49-47-45-42-39-37-35-33-31-29-26-23-20-17-14-11-8-2/h10,13,19-20,22-23,28-31,34,36,40-41,44,46,69,72,78-79H,7-9,11-12,14-18,21,24-27,32-33,35,37-39,42-43,45,47-68,70-71,73-77H2,1-6H3,(H-,82,84,86,87)/b13-10-,22-19-,23-20-,30-28-,31-29-,36-34-,41-40-,46-44-,72-69+. The minimum atomic E-state index is -4.72. The van der Waals surface area contributed by atoms with E-state index in [4.69, 9.17) is 13.8 Å². The molecule has 0 saturated heterocycles. The van der Waals surface area contributed by atoms with Crippen molar-refractivity contribution in [2.75, 3.05) is 40.9 Å². The van der Waals surface area contributed by atoms with E-state index in [0.717, 1.165) is 116 Å². The highest BCUT2D eigenvalue weighted by molar-refractivity contribution is 7.45. The Bertz CT molecular complexity index is 1930. The van der Waals surface area contributed by atoms with Crippen LogP contribution in [0.3, 0.4) is 0 Å². The summed E-state index contributed by atoms with van der Waals surface area (Å²) in [4.78, 5) is 40.3. The highest BCUT2D eigenvalue weighted by atomic mass is 31.2. The predicted octanol–water partition coefficient (Wildman–Crippen LogP) is 24.2. The van der Waals surface area contributed by atoms with Crippen LogP contribution in [0.15, 0.2) is 109 Å². The lowest BCUT2D eigenvalue weighted by molar-refractivity contribution is -0.870. The molecule has 3 unspecified atom stereocenters. The number of nitrogens with zero attached hydrogens (tertiary/aromatic N) is 1. The molecule has 0 heterocycles. The summed E-state index contributed by atoms with van der Waals surface area (Å²) in [7, 11) is 1.18. The number of allylic oxidation sites excluding steroid dienone is 17. The van der Waals surface area contributed by atoms with Crippen LogP contribution in [0.25, 0.3) is 0 Å². The van der Waals surface area contributed by atoms with Gasteiger partial charge in [-0.25, -0.2) is 0 Å². The molecule has 0 saturated carbocycles. The lowest BCUT2D eigenvalue weighted by Crippen LogP contribution is -2.47. The monoisotopic (exact) mass is 1290 g/mol. The minimum Gasteiger partial charge on any atom is -0.756 e. The molecule has 9 nitrogen and oxygen atoms in total. The Morgan fingerprint density at radius 3 is 1.08 bits per heavy atom. The smallest absolute Gasteiger partial charge is 0.306 e. The van der Waals surface area contributed by atoms with E-state index in [9.17, 15) is 19.0 Å². The van der Waals surface area contributed by atoms with Crippen LogP contribution in [0.2, 0.25) is 0 Å². The molecule has 526 valence electrons. The molecule has 0 rings (SSSR count). The van der Waals surface area contributed by atoms with E-state index in [1.807, 2.05) is 33.3 Å². The third kappa shape index (κ3) is 70.8. The summed E-state index contributed by atoms with van der Waals surface area (Å²) in [6.07, 6.45) is 96.4. The van der Waals surface area contributed by atoms with Gasteiger partial charge in [-0.05, 0) is 115 Å². The van der Waals surface area contributed by atoms with Crippen LogP contribution in [-0.2, 0) is 27.9 Å². The van der Waals surface area contributed by atoms with Crippen molar-refractivity contribution in [3.8, 4) is 0 Å². The first-order valence-corrected chi connectivity index (χ1v) is 39.7. The first kappa shape index (κ1) is 87.7. The number of carbonyl (C=O) groups is 2. The SMILES string of the molecule is CC/C=C\C/C=C\C/C=C\C/C=C\C/C=C\C/C=C\CCCCCCCCCCC(=O)NC(COP(=O)([O-])OCC[N+](C)(C)C)C(/C=C/CCCCCCCCCCCCC)OC(=O)CCCCCCCCCCCCCCCCC/C=C\C/C=C\CCCCC. The summed E-state index contributed by atoms with van der Waals surface area (Å²) in [6, 6.07) is -0.900. The molecule has 1 N–H and O–H groups in total. The number of carbonyl (C=O) groups excluding carboxylic acids is 2. The maximum atomic E-state index is 13.6. The molecule has 0 aliphatic rings. The van der Waals surface area contributed by atoms with Gasteiger partial charge in [-0.15, -0.1) is 0 Å². The molecule has 0 aliphatic carbocycles. The molecule has 0 aromatic carbocycles. The first-order valence-electron chi connectivity index (χ1n) is 38.2. The highest BCUT2D eigenvalue weighted by Gasteiger charge is 2.27. The zero-order valence-electron chi connectivity index (χ0n) is 60.3. The van der Waals surface area contributed by atoms with Gasteiger partial charge in [0.15, 0.2) is 0 Å². The van der Waals surface area contributed by atoms with Gasteiger partial charge in [-0.2, -0.15) is 0 Å². The van der Waals surface area contributed by atoms with Gasteiger partial charge in [-0.3, -0.25) is 14.2 Å². The van der Waals surface area contributed by atoms with Crippen LogP contribution in [0.1, 0.15) is 342 Å². The number of quaternary nitrogens is 1. The van der Waals surface area contributed by atoms with Gasteiger partial charge in [-0.1, -0.05) is 323 Å². The van der Waals surface area contributed by atoms with Gasteiger partial charge >= 0.3 is 5.97 Å². The molecule has 0 aromatic heterocycles. The molecule has 0 bridgehead atoms. The quantitative estimate of drug-likeness (QED) is 0.0212. The average molecular weight is 1290 g/mol. The molecule has 91 heavy (non-hydrogen) atoms. The molecule has 0 aliphatic heterocycles. The first-order chi connectivity index (χ1) is 44.4. The maximum absolute atomic E-state index is 13.6. The highest BCUT2D eigenvalue weighted by Crippen LogP contribution is 2.38. The van der Waals surface area contributed by atoms with Gasteiger partial charge in [0.05, 0.1) is 33.8 Å². The van der Waals surface area contributed by atoms with Crippen molar-refractivity contribution in [3.05, 3.63) is 109 Å². The number of hydrogen-bond acceptors (Lipinski definition) is 7. The minimum absolute atomic E-state index is 0.0277. The number of phosphoric ester groups is 1. The van der Waals surface area contributed by atoms with Crippen molar-refractivity contribution in [1.29, 1.82) is 0 Å². The number of rotatable bonds is 69. The number of likely N-dealkylation sites (N-methyl/N-ethyl adjacent to an activating group) is 1. The van der Waals surface area contributed by atoms with Crippen molar-refractivity contribution in [2.45, 2.75) is 354 Å². The van der Waals surface area contributed by atoms with Crippen molar-refractivity contribution in [2.24, 2.45) is 0 Å². The van der Waals surface area contributed by atoms with E-state index < -0.39 is 26.6 Å². The molecule has 0 aromatic rings. The van der Waals surface area contributed by atoms with Crippen molar-refractivity contribution in [3.63, 3.8) is 0 Å². The predicted molar refractivity (Wildman–Crippen MR) is 394 cm³/mol. The number of amides is 1. The van der Waals surface area contributed by atoms with Crippen LogP contribution < -0.4 is 10.2 Å². The topological polar surface area (TPSA) is 114 Å². The molecular weight excluding hydrogens is 1140 g/mol. The second-order valence-electron chi connectivity index (χ2n) is 26.8. The molecule has 1 amide bonds. The van der Waals surface area contributed by atoms with Gasteiger partial charge in [0.25, 0.3) is 7.82 Å². The Morgan fingerprint density at radius 1 is 0.396 bits per heavy atom. The van der Waals surface area contributed by atoms with Crippen LogP contribution in [0.5, 0.6) is 0 Å². The van der Waals surface area contributed by atoms with Crippen molar-refractivity contribution < 1.29 is 37.3 Å². The van der Waals surface area contributed by atoms with E-state index in [1.165, 1.54) is 193 Å². The molecule has 3 atom stereocenters. The second kappa shape index (κ2) is 69.5. The van der Waals surface area contributed by atoms with Crippen LogP contribution in [0, 0.1) is 0 Å². The Morgan fingerprint density at radius 2 is 0.703 bits per heavy atom. The van der Waals surface area contributed by atoms with Gasteiger partial charge in [0.1, 0.15) is 19.3 Å². The summed E-state index contributed by atoms with van der Waals surface area (Å²) < 4.78 is 30.5. The number of esters is 1. The number of unbranched alkanes of at least 4 members (excludes halogenated alkanes) is 37. The Balaban J connectivity index is 5.05. The summed E-state index contributed by atoms with van der Waals surface area (Å²) in [5, 5.41) is 3.05. The van der Waals surface area contributed by atoms with Gasteiger partial charge in [0.2, 0.25) is 5.91 Å². The van der Waals surface area contributed by atoms with Crippen LogP contribution >= 0.6 is 7.82 Å². The van der Waals surface area contributed by atoms with Crippen molar-refractivity contribution in [1.82, 2.24) is 5.32 Å². The lowest BCUT2D eigenvalue weighted by atomic mass is 10.0. The van der Waals surface area contributed by atoms with E-state index >= 15 is 0 Å². The van der Waals surface area contributed by atoms with E-state index in [2.05, 4.69) is 123 Å². The number of hydrogen-bond donors (Lipinski definition) is 1. The Kier molecular flexibility index (Phi) is 67.0. The normalized spacial score (nSPS) is 14.1. The molecule has 0 radical (unpaired) electrons. The summed E-state index contributed by atoms with van der Waals surface area (Å²) in [5.74, 6) is -0.544. The van der Waals surface area contributed by atoms with E-state index in [-0.39, 0.29) is 24.9 Å². The fraction of sp³-hybridized carbons (Fsp3) is 0.753. The lowest BCUT2D eigenvalue weighted by Gasteiger charge is -2.30. The Labute approximate surface area is 563 Å². The van der Waals surface area contributed by atoms with Gasteiger partial charge in [0, 0.05) is 12.8 Å². The average Bonchev–Trinajstić information content (AvgIpc) is 3.45. The fourth-order valence-electron chi connectivity index (χ4n) is 10.9. The number of phosphoric acid groups is 1. The third-order valence-electron chi connectivity index (χ3n) is 16.7. The molecule has 0 spiro atoms. The zero-order valence-corrected chi connectivity index (χ0v) is 61.2. The number of nitrogens with one attached hydrogen (secondary N) is 1. The summed E-state index contributed by atoms with van der Waals surface area (Å²) in [6.45, 7) is 6.73. The molecular formula is C81H145N2O7P. The Hall–Kier alpha value is -3.33. The molecule has 10 heteroatoms. The largest absolute Gasteiger partial charge is 0.756 e. The van der Waals surface area contributed by atoms with Crippen LogP contribution in [0.4, 0.5) is 0 Å². The zero-order chi connectivity index (χ0) is 66.3. The number of ether oxygens (including phenoxy) is 1. The third-order valence-corrected chi connectivity index (χ3v) is 17.7. The van der Waals surface area contributed by atoms with E-state index in [1.54, 1.807) is 0 Å². The summed E-state index contributed by atoms with van der Waals surface area (Å²) in [5.41, 5.74) is 0. The molecule has 0 fully saturated rings. The summed E-state index contributed by atoms with van der Waals surface area (Å²) >= 11 is 0. The van der Waals surface area contributed by atoms with Crippen LogP contribution in [-0.4, -0.2) is 69.4 Å². The fourth-order valence-corrected chi connectivity index (χ4v) is 11.6. The maximum Gasteiger partial charge on any atom is 0.306 e.